The monoisotopic (exact) mass is 957 g/mol. The molecule has 12 bridgehead atoms. The van der Waals surface area contributed by atoms with Gasteiger partial charge in [-0.15, -0.1) is 0 Å². The van der Waals surface area contributed by atoms with E-state index in [9.17, 15) is 0 Å². The molecule has 1 saturated carbocycles. The maximum absolute atomic E-state index is 15.1. The highest BCUT2D eigenvalue weighted by atomic mass is 28.4. The Morgan fingerprint density at radius 3 is 2.12 bits per heavy atom. The number of Topliss-reactive ketones (excluding diaryl/α,β-unsaturated/α-hetero) is 1. The molecule has 20 atom stereocenters. The van der Waals surface area contributed by atoms with Gasteiger partial charge in [-0.2, -0.15) is 0 Å². The number of carbonyl (C=O) groups excluding carboxylic acids is 1. The van der Waals surface area contributed by atoms with Gasteiger partial charge in [0.05, 0.1) is 79.2 Å². The van der Waals surface area contributed by atoms with Gasteiger partial charge in [0.15, 0.2) is 22.4 Å². The zero-order valence-electron chi connectivity index (χ0n) is 42.4. The molecule has 372 valence electrons. The Balaban J connectivity index is 0.945. The molecular weight excluding hydrogens is 873 g/mol. The molecule has 11 fully saturated rings. The van der Waals surface area contributed by atoms with Crippen LogP contribution in [0, 0.1) is 17.8 Å². The average Bonchev–Trinajstić information content (AvgIpc) is 3.47. The van der Waals surface area contributed by atoms with Gasteiger partial charge in [0.25, 0.3) is 0 Å². The standard InChI is InChI=1S/C52H84O12Si2/c1-28-21-31-15-17-36-29(2)22-33(56-36)19-20-51-25-40-45(62-51)46-47(60-40)48(63-51)44-37(59-46)18-16-32(58-44)23-35(53)41-42-43(54-10)38(61-52(41,42)26-39(57-31)30(28)3)24-34(64-66(13,14)50(7,8)9)27-55-65(11,12)49(4,5)6/h28,31-34,36-48H,2-3,15-27H2,1,4-14H3/t28-,31+,32-,33?,34+,36?,37+,38-,39-,40?,41+,42-,43+,44+,45+,46+,47-,48+,51+,52-/m1/s1. The first kappa shape index (κ1) is 48.8. The van der Waals surface area contributed by atoms with E-state index in [1.807, 2.05) is 0 Å². The first-order valence-corrected chi connectivity index (χ1v) is 31.8. The number of fused-ring (bicyclic) bond motifs is 6. The van der Waals surface area contributed by atoms with Crippen molar-refractivity contribution in [2.24, 2.45) is 17.8 Å². The molecular formula is C52H84O12Si2. The van der Waals surface area contributed by atoms with Crippen LogP contribution in [0.25, 0.3) is 0 Å². The number of hydrogen-bond acceptors (Lipinski definition) is 12. The van der Waals surface area contributed by atoms with Crippen molar-refractivity contribution in [2.45, 2.75) is 265 Å². The molecule has 66 heavy (non-hydrogen) atoms. The van der Waals surface area contributed by atoms with Crippen LogP contribution in [0.5, 0.6) is 0 Å². The second-order valence-corrected chi connectivity index (χ2v) is 35.1. The Morgan fingerprint density at radius 2 is 1.39 bits per heavy atom. The molecule has 1 aliphatic carbocycles. The minimum atomic E-state index is -2.22. The molecule has 10 heterocycles. The number of hydrogen-bond donors (Lipinski definition) is 0. The molecule has 0 aromatic heterocycles. The van der Waals surface area contributed by atoms with Crippen LogP contribution in [0.15, 0.2) is 24.3 Å². The van der Waals surface area contributed by atoms with Gasteiger partial charge < -0.3 is 51.5 Å². The van der Waals surface area contributed by atoms with E-state index < -0.39 is 28.0 Å². The maximum Gasteiger partial charge on any atom is 0.192 e. The van der Waals surface area contributed by atoms with Crippen LogP contribution in [0.3, 0.4) is 0 Å². The van der Waals surface area contributed by atoms with Gasteiger partial charge in [-0.3, -0.25) is 4.79 Å². The molecule has 0 N–H and O–H groups in total. The Morgan fingerprint density at radius 1 is 0.727 bits per heavy atom. The highest BCUT2D eigenvalue weighted by molar-refractivity contribution is 6.74. The summed E-state index contributed by atoms with van der Waals surface area (Å²) in [5, 5.41) is 0.0695. The second kappa shape index (κ2) is 17.1. The van der Waals surface area contributed by atoms with Crippen molar-refractivity contribution in [2.75, 3.05) is 13.7 Å². The number of rotatable bonds is 8. The molecule has 10 aliphatic heterocycles. The van der Waals surface area contributed by atoms with Crippen LogP contribution in [0.1, 0.15) is 126 Å². The molecule has 10 saturated heterocycles. The summed E-state index contributed by atoms with van der Waals surface area (Å²) in [6.07, 6.45) is 5.80. The Kier molecular flexibility index (Phi) is 12.7. The van der Waals surface area contributed by atoms with E-state index in [0.29, 0.717) is 38.7 Å². The number of ketones is 1. The quantitative estimate of drug-likeness (QED) is 0.171. The molecule has 3 unspecified atom stereocenters. The summed E-state index contributed by atoms with van der Waals surface area (Å²) in [6.45, 7) is 34.9. The highest BCUT2D eigenvalue weighted by Gasteiger charge is 2.78. The Bertz CT molecular complexity index is 1880. The molecule has 0 aromatic carbocycles. The summed E-state index contributed by atoms with van der Waals surface area (Å²) < 4.78 is 76.5. The van der Waals surface area contributed by atoms with Crippen molar-refractivity contribution in [1.29, 1.82) is 0 Å². The zero-order valence-corrected chi connectivity index (χ0v) is 44.4. The van der Waals surface area contributed by atoms with E-state index in [-0.39, 0.29) is 125 Å². The number of carbonyl (C=O) groups is 1. The summed E-state index contributed by atoms with van der Waals surface area (Å²) >= 11 is 0. The highest BCUT2D eigenvalue weighted by Crippen LogP contribution is 2.67. The van der Waals surface area contributed by atoms with Crippen LogP contribution in [-0.4, -0.2) is 139 Å². The molecule has 0 radical (unpaired) electrons. The van der Waals surface area contributed by atoms with Crippen molar-refractivity contribution >= 4 is 22.4 Å². The number of ether oxygens (including phenoxy) is 9. The molecule has 11 rings (SSSR count). The maximum atomic E-state index is 15.1. The van der Waals surface area contributed by atoms with Gasteiger partial charge in [-0.1, -0.05) is 61.6 Å². The third-order valence-corrected chi connectivity index (χ3v) is 28.2. The van der Waals surface area contributed by atoms with Gasteiger partial charge in [0.2, 0.25) is 0 Å². The molecule has 0 aromatic rings. The van der Waals surface area contributed by atoms with Crippen LogP contribution < -0.4 is 0 Å². The summed E-state index contributed by atoms with van der Waals surface area (Å²) in [4.78, 5) is 15.1. The Labute approximate surface area is 397 Å². The van der Waals surface area contributed by atoms with E-state index in [0.717, 1.165) is 56.1 Å². The molecule has 12 nitrogen and oxygen atoms in total. The van der Waals surface area contributed by atoms with Crippen LogP contribution >= 0.6 is 0 Å². The third kappa shape index (κ3) is 8.52. The van der Waals surface area contributed by atoms with Gasteiger partial charge in [0.1, 0.15) is 36.3 Å². The summed E-state index contributed by atoms with van der Waals surface area (Å²) in [5.41, 5.74) is 1.46. The van der Waals surface area contributed by atoms with E-state index in [1.165, 1.54) is 0 Å². The summed E-state index contributed by atoms with van der Waals surface area (Å²) in [6, 6.07) is 0. The van der Waals surface area contributed by atoms with Crippen molar-refractivity contribution in [3.63, 3.8) is 0 Å². The minimum absolute atomic E-state index is 0.0122. The first-order valence-electron chi connectivity index (χ1n) is 26.0. The molecule has 14 heteroatoms. The summed E-state index contributed by atoms with van der Waals surface area (Å²) in [7, 11) is -2.54. The molecule has 2 spiro atoms. The lowest BCUT2D eigenvalue weighted by atomic mass is 9.84. The second-order valence-electron chi connectivity index (χ2n) is 25.5. The SMILES string of the molecule is C=C1CC2CC[C@@]34CC5O[C@H]6[C@@H](O3)[C@H]3O[C@H](CC[C@@H]3O[C@H]6[C@H]5O4)CC(=O)[C@H]3[C@@H]4[C@@H](OC)[C@@H](C[C@@H](CO[Si](C)(C)C(C)(C)C)O[Si](C)(C)C(C)(C)C)O[C@@]43C[C@H]3O[C@@H](CCC1O2)C[C@@H](C)C3=C. The van der Waals surface area contributed by atoms with Crippen molar-refractivity contribution in [3.8, 4) is 0 Å². The van der Waals surface area contributed by atoms with E-state index in [2.05, 4.69) is 87.8 Å². The fraction of sp³-hybridized carbons (Fsp3) is 0.904. The lowest BCUT2D eigenvalue weighted by Gasteiger charge is -2.47. The van der Waals surface area contributed by atoms with Crippen LogP contribution in [0.4, 0.5) is 0 Å². The van der Waals surface area contributed by atoms with Gasteiger partial charge in [-0.05, 0) is 98.3 Å². The van der Waals surface area contributed by atoms with Crippen LogP contribution in [-0.2, 0) is 56.3 Å². The van der Waals surface area contributed by atoms with E-state index in [4.69, 9.17) is 51.5 Å². The van der Waals surface area contributed by atoms with Gasteiger partial charge in [0, 0.05) is 45.1 Å². The van der Waals surface area contributed by atoms with Crippen molar-refractivity contribution in [1.82, 2.24) is 0 Å². The normalized spacial score (nSPS) is 47.5. The Hall–Kier alpha value is -0.856. The van der Waals surface area contributed by atoms with Gasteiger partial charge >= 0.3 is 0 Å². The first-order chi connectivity index (χ1) is 30.9. The van der Waals surface area contributed by atoms with E-state index in [1.54, 1.807) is 7.11 Å². The van der Waals surface area contributed by atoms with E-state index >= 15 is 4.79 Å². The lowest BCUT2D eigenvalue weighted by Crippen LogP contribution is -2.61. The predicted molar refractivity (Wildman–Crippen MR) is 254 cm³/mol. The largest absolute Gasteiger partial charge is 0.414 e. The fourth-order valence-electron chi connectivity index (χ4n) is 13.3. The third-order valence-electron chi connectivity index (χ3n) is 19.1. The minimum Gasteiger partial charge on any atom is -0.414 e. The van der Waals surface area contributed by atoms with Crippen LogP contribution in [0.2, 0.25) is 36.3 Å². The van der Waals surface area contributed by atoms with Crippen molar-refractivity contribution in [3.05, 3.63) is 24.3 Å². The number of methoxy groups -OCH3 is 1. The predicted octanol–water partition coefficient (Wildman–Crippen LogP) is 9.14. The summed E-state index contributed by atoms with van der Waals surface area (Å²) in [5.74, 6) is -0.859. The zero-order chi connectivity index (χ0) is 47.1. The fourth-order valence-corrected chi connectivity index (χ4v) is 15.7. The molecule has 11 aliphatic rings. The smallest absolute Gasteiger partial charge is 0.192 e. The average molecular weight is 957 g/mol. The molecule has 0 amide bonds. The topological polar surface area (TPSA) is 119 Å². The van der Waals surface area contributed by atoms with Gasteiger partial charge in [-0.25, -0.2) is 0 Å². The van der Waals surface area contributed by atoms with Crippen molar-refractivity contribution < 1.29 is 56.3 Å². The lowest BCUT2D eigenvalue weighted by molar-refractivity contribution is -0.292.